The minimum Gasteiger partial charge on any atom is -0.444 e. The molecule has 2 saturated heterocycles. The number of anilines is 1. The van der Waals surface area contributed by atoms with Crippen LogP contribution in [0.5, 0.6) is 0 Å². The number of hydrogen-bond donors (Lipinski definition) is 0. The number of aromatic nitrogens is 11. The zero-order valence-corrected chi connectivity index (χ0v) is 26.4. The Morgan fingerprint density at radius 2 is 1.74 bits per heavy atom. The molecule has 46 heavy (non-hydrogen) atoms. The Kier molecular flexibility index (Phi) is 7.80. The van der Waals surface area contributed by atoms with Crippen molar-refractivity contribution >= 4 is 23.3 Å². The summed E-state index contributed by atoms with van der Waals surface area (Å²) in [6, 6.07) is 0.216. The van der Waals surface area contributed by atoms with Crippen LogP contribution >= 0.6 is 0 Å². The van der Waals surface area contributed by atoms with Crippen molar-refractivity contribution < 1.29 is 14.3 Å². The number of ether oxygens (including phenoxy) is 2. The summed E-state index contributed by atoms with van der Waals surface area (Å²) in [7, 11) is 1.86. The summed E-state index contributed by atoms with van der Waals surface area (Å²) in [5, 5.41) is 17.3. The van der Waals surface area contributed by atoms with Crippen molar-refractivity contribution in [3.63, 3.8) is 0 Å². The van der Waals surface area contributed by atoms with Crippen LogP contribution in [0.25, 0.3) is 33.7 Å². The third-order valence-electron chi connectivity index (χ3n) is 8.09. The van der Waals surface area contributed by atoms with Crippen LogP contribution in [0.2, 0.25) is 0 Å². The van der Waals surface area contributed by atoms with E-state index in [1.807, 2.05) is 63.5 Å². The van der Waals surface area contributed by atoms with Crippen molar-refractivity contribution in [1.82, 2.24) is 59.4 Å². The van der Waals surface area contributed by atoms with Gasteiger partial charge in [0.25, 0.3) is 0 Å². The summed E-state index contributed by atoms with van der Waals surface area (Å²) in [5.74, 6) is 0.640. The molecule has 0 radical (unpaired) electrons. The van der Waals surface area contributed by atoms with E-state index in [0.717, 1.165) is 29.5 Å². The molecule has 2 fully saturated rings. The molecule has 7 rings (SSSR count). The van der Waals surface area contributed by atoms with E-state index in [-0.39, 0.29) is 18.2 Å². The predicted octanol–water partition coefficient (Wildman–Crippen LogP) is 2.75. The van der Waals surface area contributed by atoms with Crippen molar-refractivity contribution in [2.75, 3.05) is 37.7 Å². The largest absolute Gasteiger partial charge is 0.444 e. The Morgan fingerprint density at radius 1 is 0.957 bits per heavy atom. The monoisotopic (exact) mass is 627 g/mol. The van der Waals surface area contributed by atoms with Gasteiger partial charge >= 0.3 is 6.09 Å². The summed E-state index contributed by atoms with van der Waals surface area (Å²) < 4.78 is 17.0. The lowest BCUT2D eigenvalue weighted by Gasteiger charge is -2.33. The molecule has 0 N–H and O–H groups in total. The average Bonchev–Trinajstić information content (AvgIpc) is 3.81. The lowest BCUT2D eigenvalue weighted by atomic mass is 10.1. The number of hydrogen-bond acceptors (Lipinski definition) is 12. The molecular weight excluding hydrogens is 590 g/mol. The van der Waals surface area contributed by atoms with Gasteiger partial charge in [-0.25, -0.2) is 29.4 Å². The molecule has 0 aliphatic carbocycles. The summed E-state index contributed by atoms with van der Waals surface area (Å²) in [5.41, 5.74) is 4.00. The molecule has 0 unspecified atom stereocenters. The van der Waals surface area contributed by atoms with Gasteiger partial charge in [0.2, 0.25) is 11.6 Å². The maximum absolute atomic E-state index is 12.4. The van der Waals surface area contributed by atoms with Crippen LogP contribution in [0.4, 0.5) is 10.7 Å². The second-order valence-corrected chi connectivity index (χ2v) is 12.7. The number of fused-ring (bicyclic) bond motifs is 1. The van der Waals surface area contributed by atoms with Gasteiger partial charge in [-0.05, 0) is 33.6 Å². The highest BCUT2D eigenvalue weighted by molar-refractivity contribution is 5.69. The van der Waals surface area contributed by atoms with E-state index < -0.39 is 5.60 Å². The Labute approximate surface area is 265 Å². The van der Waals surface area contributed by atoms with Crippen molar-refractivity contribution in [3.05, 3.63) is 43.4 Å². The fourth-order valence-electron chi connectivity index (χ4n) is 5.74. The Balaban J connectivity index is 0.968. The van der Waals surface area contributed by atoms with Crippen LogP contribution in [0.15, 0.2) is 43.4 Å². The fourth-order valence-corrected chi connectivity index (χ4v) is 5.74. The molecule has 5 aromatic rings. The predicted molar refractivity (Wildman–Crippen MR) is 167 cm³/mol. The van der Waals surface area contributed by atoms with E-state index >= 15 is 0 Å². The van der Waals surface area contributed by atoms with Gasteiger partial charge in [-0.3, -0.25) is 9.36 Å². The summed E-state index contributed by atoms with van der Waals surface area (Å²) in [6.45, 7) is 9.20. The van der Waals surface area contributed by atoms with Gasteiger partial charge in [0.1, 0.15) is 5.60 Å². The first-order chi connectivity index (χ1) is 22.2. The van der Waals surface area contributed by atoms with E-state index in [0.29, 0.717) is 62.3 Å². The molecule has 0 bridgehead atoms. The molecule has 0 aromatic carbocycles. The van der Waals surface area contributed by atoms with Crippen molar-refractivity contribution in [2.45, 2.75) is 57.9 Å². The highest BCUT2D eigenvalue weighted by atomic mass is 16.6. The quantitative estimate of drug-likeness (QED) is 0.271. The van der Waals surface area contributed by atoms with E-state index in [4.69, 9.17) is 14.5 Å². The van der Waals surface area contributed by atoms with Crippen LogP contribution in [-0.2, 0) is 23.1 Å². The van der Waals surface area contributed by atoms with Crippen LogP contribution in [0.3, 0.4) is 0 Å². The van der Waals surface area contributed by atoms with Gasteiger partial charge in [-0.2, -0.15) is 10.2 Å². The minimum atomic E-state index is -0.499. The first-order valence-corrected chi connectivity index (χ1v) is 15.4. The molecule has 2 aliphatic rings. The van der Waals surface area contributed by atoms with Gasteiger partial charge in [0.05, 0.1) is 49.6 Å². The van der Waals surface area contributed by atoms with Gasteiger partial charge < -0.3 is 19.3 Å². The highest BCUT2D eigenvalue weighted by Gasteiger charge is 2.28. The second-order valence-electron chi connectivity index (χ2n) is 12.7. The number of carbonyl (C=O) groups is 1. The third-order valence-corrected chi connectivity index (χ3v) is 8.09. The van der Waals surface area contributed by atoms with Crippen molar-refractivity contribution in [3.8, 4) is 22.4 Å². The number of morpholine rings is 1. The van der Waals surface area contributed by atoms with Crippen LogP contribution < -0.4 is 4.90 Å². The molecule has 240 valence electrons. The molecule has 16 nitrogen and oxygen atoms in total. The number of carbonyl (C=O) groups excluding carboxylic acids is 1. The molecule has 1 amide bonds. The Hall–Kier alpha value is -4.99. The first kappa shape index (κ1) is 29.7. The van der Waals surface area contributed by atoms with Gasteiger partial charge in [0.15, 0.2) is 5.65 Å². The maximum atomic E-state index is 12.4. The number of amides is 1. The van der Waals surface area contributed by atoms with E-state index in [1.165, 1.54) is 0 Å². The molecule has 16 heteroatoms. The lowest BCUT2D eigenvalue weighted by molar-refractivity contribution is 0.0184. The smallest absolute Gasteiger partial charge is 0.410 e. The topological polar surface area (TPSA) is 160 Å². The van der Waals surface area contributed by atoms with E-state index in [2.05, 4.69) is 40.4 Å². The molecule has 1 atom stereocenters. The van der Waals surface area contributed by atoms with Crippen LogP contribution in [-0.4, -0.2) is 110 Å². The second kappa shape index (κ2) is 12.1. The summed E-state index contributed by atoms with van der Waals surface area (Å²) in [4.78, 5) is 34.9. The Bertz CT molecular complexity index is 1820. The van der Waals surface area contributed by atoms with Crippen LogP contribution in [0.1, 0.15) is 39.7 Å². The zero-order valence-electron chi connectivity index (χ0n) is 26.4. The van der Waals surface area contributed by atoms with Crippen molar-refractivity contribution in [2.24, 2.45) is 7.05 Å². The molecular formula is C30H37N13O3. The fraction of sp³-hybridized carbons (Fsp3) is 0.500. The van der Waals surface area contributed by atoms with E-state index in [1.54, 1.807) is 26.7 Å². The van der Waals surface area contributed by atoms with Gasteiger partial charge in [-0.1, -0.05) is 5.21 Å². The van der Waals surface area contributed by atoms with Crippen molar-refractivity contribution in [1.29, 1.82) is 0 Å². The summed E-state index contributed by atoms with van der Waals surface area (Å²) in [6.07, 6.45) is 14.1. The summed E-state index contributed by atoms with van der Waals surface area (Å²) >= 11 is 0. The number of likely N-dealkylation sites (tertiary alicyclic amines) is 1. The maximum Gasteiger partial charge on any atom is 0.410 e. The first-order valence-electron chi connectivity index (χ1n) is 15.4. The SMILES string of the molecule is Cn1cc(-c2cnc3nnn(C[C@@H]4CN(c5ncc(-c6cnn(C7CCN(C(=O)OC(C)(C)C)CC7)c6)cn5)CCO4)c3n2)cn1. The van der Waals surface area contributed by atoms with Gasteiger partial charge in [-0.15, -0.1) is 5.10 Å². The minimum absolute atomic E-state index is 0.161. The average molecular weight is 628 g/mol. The third kappa shape index (κ3) is 6.38. The number of rotatable bonds is 6. The highest BCUT2D eigenvalue weighted by Crippen LogP contribution is 2.27. The van der Waals surface area contributed by atoms with Gasteiger partial charge in [0, 0.05) is 74.7 Å². The normalized spacial score (nSPS) is 18.0. The molecule has 5 aromatic heterocycles. The Morgan fingerprint density at radius 3 is 2.48 bits per heavy atom. The molecule has 0 saturated carbocycles. The zero-order chi connectivity index (χ0) is 31.8. The van der Waals surface area contributed by atoms with Crippen LogP contribution in [0, 0.1) is 0 Å². The number of piperidine rings is 1. The lowest BCUT2D eigenvalue weighted by Crippen LogP contribution is -2.45. The molecule has 0 spiro atoms. The number of nitrogens with zero attached hydrogens (tertiary/aromatic N) is 13. The standard InChI is InChI=1S/C30H37N13O3/c1-30(2,3)46-29(44)40-7-5-23(6-8-40)42-17-21(13-35-42)20-11-32-28(33-12-20)41-9-10-45-24(18-41)19-43-27-26(37-38-43)31-15-25(36-27)22-14-34-39(4)16-22/h11-17,23-24H,5-10,18-19H2,1-4H3/t24-/m0/s1. The molecule has 7 heterocycles. The van der Waals surface area contributed by atoms with E-state index in [9.17, 15) is 4.79 Å². The number of aryl methyl sites for hydroxylation is 1. The molecule has 2 aliphatic heterocycles.